The molecule has 0 radical (unpaired) electrons. The first-order valence-corrected chi connectivity index (χ1v) is 3.53. The van der Waals surface area contributed by atoms with Crippen LogP contribution < -0.4 is 33.6 Å². The van der Waals surface area contributed by atoms with Crippen molar-refractivity contribution in [2.75, 3.05) is 19.6 Å². The second kappa shape index (κ2) is 24.2. The molecule has 0 aliphatic carbocycles. The van der Waals surface area contributed by atoms with Crippen LogP contribution in [0.25, 0.3) is 0 Å². The van der Waals surface area contributed by atoms with Gasteiger partial charge in [-0.1, -0.05) is 0 Å². The number of hydrogen-bond acceptors (Lipinski definition) is 9. The molecule has 0 amide bonds. The maximum absolute atomic E-state index is 9.24. The van der Waals surface area contributed by atoms with Gasteiger partial charge in [-0.15, -0.1) is 0 Å². The molecule has 0 aromatic heterocycles. The van der Waals surface area contributed by atoms with Crippen molar-refractivity contribution in [2.45, 2.75) is 0 Å². The van der Waals surface area contributed by atoms with E-state index in [1.807, 2.05) is 0 Å². The third-order valence-electron chi connectivity index (χ3n) is 0.508. The Balaban J connectivity index is -0.0000000400. The van der Waals surface area contributed by atoms with E-state index in [1.54, 1.807) is 0 Å². The molecular weight excluding hydrogens is 289 g/mol. The fourth-order valence-electron chi connectivity index (χ4n) is 0. The van der Waals surface area contributed by atoms with Crippen molar-refractivity contribution in [2.24, 2.45) is 17.2 Å². The second-order valence-corrected chi connectivity index (χ2v) is 1.75. The monoisotopic (exact) mass is 304 g/mol. The van der Waals surface area contributed by atoms with E-state index in [2.05, 4.69) is 17.2 Å². The van der Waals surface area contributed by atoms with Crippen molar-refractivity contribution < 1.29 is 49.2 Å². The van der Waals surface area contributed by atoms with Crippen LogP contribution in [0.1, 0.15) is 0 Å². The Kier molecular flexibility index (Phi) is 42.3. The van der Waals surface area contributed by atoms with Gasteiger partial charge in [-0.25, -0.2) is 0 Å². The molecule has 0 aromatic carbocycles. The fraction of sp³-hybridized carbons (Fsp3) is 0.500. The maximum Gasteiger partial charge on any atom is 2.00 e. The largest absolute Gasteiger partial charge is 2.00 e. The quantitative estimate of drug-likeness (QED) is 0.310. The van der Waals surface area contributed by atoms with Crippen LogP contribution in [0.15, 0.2) is 0 Å². The van der Waals surface area contributed by atoms with Gasteiger partial charge in [0.05, 0.1) is 18.5 Å². The molecule has 0 heterocycles. The van der Waals surface area contributed by atoms with Gasteiger partial charge in [0.1, 0.15) is 0 Å². The Labute approximate surface area is 110 Å². The van der Waals surface area contributed by atoms with Crippen molar-refractivity contribution in [3.8, 4) is 0 Å². The van der Waals surface area contributed by atoms with Crippen LogP contribution in [0.5, 0.6) is 0 Å². The minimum Gasteiger partial charge on any atom is -0.549 e. The summed E-state index contributed by atoms with van der Waals surface area (Å²) in [6, 6.07) is 0. The summed E-state index contributed by atoms with van der Waals surface area (Å²) in [5.74, 6) is -3.40. The van der Waals surface area contributed by atoms with Gasteiger partial charge < -0.3 is 48.3 Å². The smallest absolute Gasteiger partial charge is 0.549 e. The molecule has 0 aliphatic rings. The minimum absolute atomic E-state index is 0. The molecule has 0 unspecified atom stereocenters. The molecular formula is C6H16N4O6Zn. The van der Waals surface area contributed by atoms with E-state index >= 15 is 0 Å². The first-order chi connectivity index (χ1) is 6.81. The summed E-state index contributed by atoms with van der Waals surface area (Å²) < 4.78 is 0. The topological polar surface area (TPSA) is 231 Å². The number of carbonyl (C=O) groups excluding carboxylic acids is 2. The molecule has 0 bridgehead atoms. The number of rotatable bonds is 3. The summed E-state index contributed by atoms with van der Waals surface area (Å²) in [5.41, 5.74) is 13.6. The number of nitrogens with two attached hydrogens (primary N) is 3. The molecule has 0 rings (SSSR count). The van der Waals surface area contributed by atoms with Crippen molar-refractivity contribution in [1.82, 2.24) is 6.15 Å². The van der Waals surface area contributed by atoms with E-state index in [0.29, 0.717) is 0 Å². The maximum atomic E-state index is 9.24. The molecule has 11 heteroatoms. The second-order valence-electron chi connectivity index (χ2n) is 1.75. The van der Waals surface area contributed by atoms with Crippen molar-refractivity contribution in [3.63, 3.8) is 0 Å². The molecule has 0 fully saturated rings. The van der Waals surface area contributed by atoms with Crippen LogP contribution in [-0.2, 0) is 33.9 Å². The fourth-order valence-corrected chi connectivity index (χ4v) is 0. The Bertz CT molecular complexity index is 170. The predicted molar refractivity (Wildman–Crippen MR) is 49.8 cm³/mol. The van der Waals surface area contributed by atoms with Crippen LogP contribution in [0.2, 0.25) is 0 Å². The molecule has 10 N–H and O–H groups in total. The van der Waals surface area contributed by atoms with Gasteiger partial charge in [-0.2, -0.15) is 0 Å². The summed E-state index contributed by atoms with van der Waals surface area (Å²) in [5, 5.41) is 25.9. The molecule has 98 valence electrons. The van der Waals surface area contributed by atoms with Gasteiger partial charge in [0, 0.05) is 13.1 Å². The van der Waals surface area contributed by atoms with Gasteiger partial charge in [-0.3, -0.25) is 4.79 Å². The summed E-state index contributed by atoms with van der Waals surface area (Å²) in [4.78, 5) is 27.5. The van der Waals surface area contributed by atoms with E-state index < -0.39 is 17.9 Å². The Morgan fingerprint density at radius 3 is 1.00 bits per heavy atom. The first-order valence-electron chi connectivity index (χ1n) is 3.53. The van der Waals surface area contributed by atoms with Gasteiger partial charge in [0.2, 0.25) is 0 Å². The van der Waals surface area contributed by atoms with E-state index in [9.17, 15) is 4.79 Å². The van der Waals surface area contributed by atoms with E-state index in [1.165, 1.54) is 0 Å². The van der Waals surface area contributed by atoms with Gasteiger partial charge in [0.15, 0.2) is 0 Å². The van der Waals surface area contributed by atoms with E-state index in [4.69, 9.17) is 24.9 Å². The summed E-state index contributed by atoms with van der Waals surface area (Å²) >= 11 is 0. The molecule has 0 saturated carbocycles. The van der Waals surface area contributed by atoms with Crippen LogP contribution >= 0.6 is 0 Å². The third-order valence-corrected chi connectivity index (χ3v) is 0.508. The molecule has 0 aliphatic heterocycles. The van der Waals surface area contributed by atoms with Crippen molar-refractivity contribution in [3.05, 3.63) is 0 Å². The zero-order valence-electron chi connectivity index (χ0n) is 9.26. The number of carboxylic acids is 3. The zero-order valence-corrected chi connectivity index (χ0v) is 12.2. The Morgan fingerprint density at radius 2 is 1.00 bits per heavy atom. The summed E-state index contributed by atoms with van der Waals surface area (Å²) in [6.45, 7) is -1.06. The summed E-state index contributed by atoms with van der Waals surface area (Å²) in [7, 11) is 0. The molecule has 0 spiro atoms. The normalized spacial score (nSPS) is 6.53. The Morgan fingerprint density at radius 1 is 0.882 bits per heavy atom. The molecule has 0 atom stereocenters. The van der Waals surface area contributed by atoms with E-state index in [-0.39, 0.29) is 45.3 Å². The minimum atomic E-state index is -1.22. The molecule has 10 nitrogen and oxygen atoms in total. The third kappa shape index (κ3) is 104. The molecule has 0 saturated heterocycles. The van der Waals surface area contributed by atoms with Gasteiger partial charge in [0.25, 0.3) is 0 Å². The van der Waals surface area contributed by atoms with Crippen LogP contribution in [0, 0.1) is 0 Å². The van der Waals surface area contributed by atoms with Crippen molar-refractivity contribution in [1.29, 1.82) is 0 Å². The molecule has 17 heavy (non-hydrogen) atoms. The predicted octanol–water partition coefficient (Wildman–Crippen LogP) is -5.42. The first kappa shape index (κ1) is 29.7. The van der Waals surface area contributed by atoms with Crippen molar-refractivity contribution >= 4 is 17.9 Å². The van der Waals surface area contributed by atoms with Crippen LogP contribution in [0.4, 0.5) is 0 Å². The Hall–Kier alpha value is -1.13. The molecule has 0 aromatic rings. The number of carbonyl (C=O) groups is 3. The van der Waals surface area contributed by atoms with Gasteiger partial charge in [-0.05, 0) is 0 Å². The zero-order chi connectivity index (χ0) is 12.9. The number of aliphatic carboxylic acids is 3. The average molecular weight is 306 g/mol. The number of carboxylic acid groups (broad SMARTS) is 3. The average Bonchev–Trinajstić information content (AvgIpc) is 2.19. The van der Waals surface area contributed by atoms with Gasteiger partial charge >= 0.3 is 25.4 Å². The SMILES string of the molecule is N.NCC(=O)O.NCC(=O)[O-].NCC(=O)[O-].[Zn+2]. The van der Waals surface area contributed by atoms with E-state index in [0.717, 1.165) is 0 Å². The van der Waals surface area contributed by atoms with Crippen LogP contribution in [0.3, 0.4) is 0 Å². The standard InChI is InChI=1S/3C2H5NO2.H3N.Zn/c3*3-1-2(4)5;;/h3*1,3H2,(H,4,5);1H3;/q;;;;+2/p-2. The summed E-state index contributed by atoms with van der Waals surface area (Å²) in [6.07, 6.45) is 0. The van der Waals surface area contributed by atoms with Crippen LogP contribution in [-0.4, -0.2) is 42.6 Å². The number of hydrogen-bond donors (Lipinski definition) is 5.